The van der Waals surface area contributed by atoms with Gasteiger partial charge in [-0.2, -0.15) is 0 Å². The smallest absolute Gasteiger partial charge is 0.230 e. The summed E-state index contributed by atoms with van der Waals surface area (Å²) in [6.45, 7) is 0. The highest BCUT2D eigenvalue weighted by Crippen LogP contribution is 2.60. The van der Waals surface area contributed by atoms with Gasteiger partial charge in [0, 0.05) is 23.2 Å². The average Bonchev–Trinajstić information content (AvgIpc) is 2.93. The minimum Gasteiger partial charge on any atom is -0.324 e. The Morgan fingerprint density at radius 3 is 2.78 bits per heavy atom. The quantitative estimate of drug-likeness (QED) is 0.715. The summed E-state index contributed by atoms with van der Waals surface area (Å²) in [6, 6.07) is 10.8. The molecule has 4 nitrogen and oxygen atoms in total. The van der Waals surface area contributed by atoms with Crippen LogP contribution in [-0.4, -0.2) is 16.7 Å². The van der Waals surface area contributed by atoms with Crippen molar-refractivity contribution in [3.63, 3.8) is 0 Å². The highest BCUT2D eigenvalue weighted by molar-refractivity contribution is 6.31. The van der Waals surface area contributed by atoms with Crippen molar-refractivity contribution in [2.75, 3.05) is 5.32 Å². The van der Waals surface area contributed by atoms with E-state index in [1.165, 1.54) is 0 Å². The van der Waals surface area contributed by atoms with Crippen molar-refractivity contribution in [3.05, 3.63) is 59.4 Å². The first-order chi connectivity index (χ1) is 13.0. The SMILES string of the molecule is O=C(CC12CCCC(C(=O)Nc3cccnc3)(CC1)C2)c1cccc(Cl)c1. The van der Waals surface area contributed by atoms with Crippen LogP contribution in [0.5, 0.6) is 0 Å². The number of fused-ring (bicyclic) bond motifs is 2. The number of carbonyl (C=O) groups excluding carboxylic acids is 2. The number of Topliss-reactive ketones (excluding diaryl/α,β-unsaturated/α-hetero) is 1. The Bertz CT molecular complexity index is 870. The second-order valence-electron chi connectivity index (χ2n) is 8.12. The number of halogens is 1. The standard InChI is InChI=1S/C22H23ClN2O2/c23-17-5-1-4-16(12-17)19(26)13-21-7-3-8-22(15-21,10-9-21)20(27)25-18-6-2-11-24-14-18/h1-2,4-6,11-12,14H,3,7-10,13,15H2,(H,25,27). The van der Waals surface area contributed by atoms with E-state index in [9.17, 15) is 9.59 Å². The van der Waals surface area contributed by atoms with Crippen molar-refractivity contribution in [2.24, 2.45) is 10.8 Å². The number of amides is 1. The molecule has 0 radical (unpaired) electrons. The summed E-state index contributed by atoms with van der Waals surface area (Å²) in [5.41, 5.74) is 0.974. The van der Waals surface area contributed by atoms with E-state index >= 15 is 0 Å². The van der Waals surface area contributed by atoms with E-state index in [2.05, 4.69) is 10.3 Å². The van der Waals surface area contributed by atoms with Gasteiger partial charge in [0.2, 0.25) is 5.91 Å². The summed E-state index contributed by atoms with van der Waals surface area (Å²) in [6.07, 6.45) is 9.32. The van der Waals surface area contributed by atoms with Crippen molar-refractivity contribution in [1.29, 1.82) is 0 Å². The van der Waals surface area contributed by atoms with Gasteiger partial charge in [0.25, 0.3) is 0 Å². The third kappa shape index (κ3) is 3.63. The minimum atomic E-state index is -0.358. The van der Waals surface area contributed by atoms with E-state index in [-0.39, 0.29) is 22.5 Å². The van der Waals surface area contributed by atoms with E-state index in [1.54, 1.807) is 24.5 Å². The Morgan fingerprint density at radius 1 is 1.11 bits per heavy atom. The normalized spacial score (nSPS) is 26.6. The second-order valence-corrected chi connectivity index (χ2v) is 8.55. The number of aromatic nitrogens is 1. The van der Waals surface area contributed by atoms with Crippen LogP contribution >= 0.6 is 11.6 Å². The lowest BCUT2D eigenvalue weighted by Crippen LogP contribution is -2.38. The Labute approximate surface area is 164 Å². The number of ketones is 1. The van der Waals surface area contributed by atoms with E-state index in [4.69, 9.17) is 11.6 Å². The van der Waals surface area contributed by atoms with Crippen molar-refractivity contribution in [1.82, 2.24) is 4.98 Å². The Morgan fingerprint density at radius 2 is 2.00 bits per heavy atom. The van der Waals surface area contributed by atoms with Crippen LogP contribution in [0.4, 0.5) is 5.69 Å². The summed E-state index contributed by atoms with van der Waals surface area (Å²) >= 11 is 6.04. The average molecular weight is 383 g/mol. The van der Waals surface area contributed by atoms with Gasteiger partial charge >= 0.3 is 0 Å². The Balaban J connectivity index is 1.49. The number of nitrogens with one attached hydrogen (secondary N) is 1. The molecule has 0 saturated heterocycles. The molecule has 1 aromatic heterocycles. The summed E-state index contributed by atoms with van der Waals surface area (Å²) in [5, 5.41) is 3.62. The molecular weight excluding hydrogens is 360 g/mol. The van der Waals surface area contributed by atoms with Gasteiger partial charge in [0.1, 0.15) is 0 Å². The lowest BCUT2D eigenvalue weighted by molar-refractivity contribution is -0.127. The molecule has 2 bridgehead atoms. The van der Waals surface area contributed by atoms with Gasteiger partial charge in [-0.25, -0.2) is 0 Å². The number of anilines is 1. The Hall–Kier alpha value is -2.20. The largest absolute Gasteiger partial charge is 0.324 e. The van der Waals surface area contributed by atoms with E-state index in [1.807, 2.05) is 24.3 Å². The summed E-state index contributed by atoms with van der Waals surface area (Å²) in [5.74, 6) is 0.204. The molecular formula is C22H23ClN2O2. The first-order valence-electron chi connectivity index (χ1n) is 9.51. The molecule has 2 fully saturated rings. The maximum Gasteiger partial charge on any atom is 0.230 e. The zero-order valence-corrected chi connectivity index (χ0v) is 16.0. The van der Waals surface area contributed by atoms with E-state index in [0.29, 0.717) is 17.0 Å². The lowest BCUT2D eigenvalue weighted by atomic mass is 9.66. The van der Waals surface area contributed by atoms with Gasteiger partial charge in [-0.3, -0.25) is 14.6 Å². The first kappa shape index (κ1) is 18.2. The van der Waals surface area contributed by atoms with Crippen molar-refractivity contribution in [2.45, 2.75) is 44.9 Å². The number of benzene rings is 1. The van der Waals surface area contributed by atoms with Crippen LogP contribution in [0.1, 0.15) is 55.3 Å². The topological polar surface area (TPSA) is 59.1 Å². The van der Waals surface area contributed by atoms with Gasteiger partial charge in [0.15, 0.2) is 5.78 Å². The summed E-state index contributed by atoms with van der Waals surface area (Å²) < 4.78 is 0. The third-order valence-electron chi connectivity index (χ3n) is 6.29. The van der Waals surface area contributed by atoms with Gasteiger partial charge in [-0.1, -0.05) is 30.2 Å². The highest BCUT2D eigenvalue weighted by atomic mass is 35.5. The van der Waals surface area contributed by atoms with Crippen LogP contribution < -0.4 is 5.32 Å². The first-order valence-corrected chi connectivity index (χ1v) is 9.89. The molecule has 2 aliphatic carbocycles. The minimum absolute atomic E-state index is 0.0655. The fraction of sp³-hybridized carbons (Fsp3) is 0.409. The zero-order chi connectivity index (χ0) is 18.9. The number of nitrogens with zero attached hydrogens (tertiary/aromatic N) is 1. The molecule has 1 heterocycles. The van der Waals surface area contributed by atoms with Crippen LogP contribution in [-0.2, 0) is 4.79 Å². The molecule has 0 aliphatic heterocycles. The highest BCUT2D eigenvalue weighted by Gasteiger charge is 2.55. The van der Waals surface area contributed by atoms with Crippen LogP contribution in [0, 0.1) is 10.8 Å². The van der Waals surface area contributed by atoms with E-state index in [0.717, 1.165) is 44.2 Å². The maximum atomic E-state index is 13.0. The number of rotatable bonds is 5. The molecule has 2 atom stereocenters. The number of hydrogen-bond donors (Lipinski definition) is 1. The molecule has 1 N–H and O–H groups in total. The van der Waals surface area contributed by atoms with Gasteiger partial charge in [-0.15, -0.1) is 0 Å². The van der Waals surface area contributed by atoms with Gasteiger partial charge in [0.05, 0.1) is 17.3 Å². The van der Waals surface area contributed by atoms with Crippen molar-refractivity contribution >= 4 is 29.0 Å². The second kappa shape index (κ2) is 7.08. The predicted molar refractivity (Wildman–Crippen MR) is 106 cm³/mol. The van der Waals surface area contributed by atoms with Crippen LogP contribution in [0.3, 0.4) is 0 Å². The number of pyridine rings is 1. The molecule has 2 saturated carbocycles. The Kier molecular flexibility index (Phi) is 4.77. The van der Waals surface area contributed by atoms with Gasteiger partial charge in [-0.05, 0) is 61.8 Å². The fourth-order valence-corrected chi connectivity index (χ4v) is 5.17. The van der Waals surface area contributed by atoms with Crippen molar-refractivity contribution < 1.29 is 9.59 Å². The molecule has 4 rings (SSSR count). The summed E-state index contributed by atoms with van der Waals surface area (Å²) in [7, 11) is 0. The predicted octanol–water partition coefficient (Wildman–Crippen LogP) is 5.29. The van der Waals surface area contributed by atoms with Crippen molar-refractivity contribution in [3.8, 4) is 0 Å². The molecule has 0 spiro atoms. The van der Waals surface area contributed by atoms with Crippen LogP contribution in [0.2, 0.25) is 5.02 Å². The number of carbonyl (C=O) groups is 2. The lowest BCUT2D eigenvalue weighted by Gasteiger charge is -2.38. The molecule has 2 unspecified atom stereocenters. The molecule has 27 heavy (non-hydrogen) atoms. The van der Waals surface area contributed by atoms with Crippen LogP contribution in [0.25, 0.3) is 0 Å². The molecule has 140 valence electrons. The summed E-state index contributed by atoms with van der Waals surface area (Å²) in [4.78, 5) is 30.0. The van der Waals surface area contributed by atoms with Crippen LogP contribution in [0.15, 0.2) is 48.8 Å². The number of hydrogen-bond acceptors (Lipinski definition) is 3. The molecule has 2 aromatic rings. The third-order valence-corrected chi connectivity index (χ3v) is 6.53. The maximum absolute atomic E-state index is 13.0. The van der Waals surface area contributed by atoms with Gasteiger partial charge < -0.3 is 5.32 Å². The van der Waals surface area contributed by atoms with E-state index < -0.39 is 0 Å². The zero-order valence-electron chi connectivity index (χ0n) is 15.2. The monoisotopic (exact) mass is 382 g/mol. The molecule has 1 amide bonds. The molecule has 1 aromatic carbocycles. The molecule has 2 aliphatic rings. The molecule has 5 heteroatoms. The fourth-order valence-electron chi connectivity index (χ4n) is 4.98.